The van der Waals surface area contributed by atoms with Crippen LogP contribution in [0.15, 0.2) is 23.1 Å². The maximum absolute atomic E-state index is 12.8. The van der Waals surface area contributed by atoms with Gasteiger partial charge in [-0.3, -0.25) is 0 Å². The summed E-state index contributed by atoms with van der Waals surface area (Å²) < 4.78 is 34.2. The van der Waals surface area contributed by atoms with Crippen LogP contribution in [-0.2, 0) is 10.0 Å². The number of nitrogens with two attached hydrogens (primary N) is 1. The van der Waals surface area contributed by atoms with Crippen LogP contribution in [0, 0.1) is 12.7 Å². The minimum atomic E-state index is -3.78. The largest absolute Gasteiger partial charge is 0.238 e. The summed E-state index contributed by atoms with van der Waals surface area (Å²) in [6.07, 6.45) is 0. The van der Waals surface area contributed by atoms with E-state index in [0.29, 0.717) is 5.56 Å². The zero-order valence-electron chi connectivity index (χ0n) is 6.41. The third-order valence-electron chi connectivity index (χ3n) is 1.47. The highest BCUT2D eigenvalue weighted by molar-refractivity contribution is 7.89. The molecule has 0 aliphatic rings. The molecule has 1 aromatic rings. The topological polar surface area (TPSA) is 60.2 Å². The molecule has 0 unspecified atom stereocenters. The van der Waals surface area contributed by atoms with E-state index in [0.717, 1.165) is 6.07 Å². The van der Waals surface area contributed by atoms with Crippen LogP contribution in [0.2, 0.25) is 0 Å². The van der Waals surface area contributed by atoms with Crippen LogP contribution in [0.3, 0.4) is 0 Å². The second kappa shape index (κ2) is 2.84. The fourth-order valence-corrected chi connectivity index (χ4v) is 1.28. The first-order valence-electron chi connectivity index (χ1n) is 3.20. The van der Waals surface area contributed by atoms with E-state index in [2.05, 4.69) is 0 Å². The summed E-state index contributed by atoms with van der Waals surface area (Å²) >= 11 is 0. The van der Waals surface area contributed by atoms with Gasteiger partial charge in [-0.25, -0.2) is 17.9 Å². The number of benzene rings is 1. The van der Waals surface area contributed by atoms with E-state index in [9.17, 15) is 12.8 Å². The minimum absolute atomic E-state index is 0.203. The lowest BCUT2D eigenvalue weighted by molar-refractivity contribution is 0.590. The summed E-state index contributed by atoms with van der Waals surface area (Å²) in [5.41, 5.74) is 0.391. The Morgan fingerprint density at radius 3 is 2.42 bits per heavy atom. The van der Waals surface area contributed by atoms with Crippen LogP contribution in [0.1, 0.15) is 5.56 Å². The van der Waals surface area contributed by atoms with Gasteiger partial charge in [0.15, 0.2) is 0 Å². The summed E-state index contributed by atoms with van der Waals surface area (Å²) in [5, 5.41) is 4.78. The van der Waals surface area contributed by atoms with E-state index < -0.39 is 15.8 Å². The predicted molar refractivity (Wildman–Crippen MR) is 42.5 cm³/mol. The molecule has 0 aliphatic carbocycles. The van der Waals surface area contributed by atoms with Crippen molar-refractivity contribution >= 4 is 10.0 Å². The molecule has 0 aliphatic heterocycles. The molecule has 66 valence electrons. The smallest absolute Gasteiger partial charge is 0.225 e. The molecule has 0 radical (unpaired) electrons. The average Bonchev–Trinajstić information content (AvgIpc) is 1.92. The lowest BCUT2D eigenvalue weighted by atomic mass is 10.2. The molecule has 0 heterocycles. The van der Waals surface area contributed by atoms with Gasteiger partial charge in [0, 0.05) is 0 Å². The van der Waals surface area contributed by atoms with Crippen molar-refractivity contribution in [2.45, 2.75) is 11.8 Å². The van der Waals surface area contributed by atoms with Crippen LogP contribution in [0.4, 0.5) is 4.39 Å². The Morgan fingerprint density at radius 1 is 1.42 bits per heavy atom. The standard InChI is InChI=1S/C7H8FNO2S/c1-5-2-3-6(4-7(5)8)12(9,10)11/h2-4H,1H3,(H2,9,10,11). The Hall–Kier alpha value is -0.940. The molecule has 0 amide bonds. The quantitative estimate of drug-likeness (QED) is 0.709. The summed E-state index contributed by atoms with van der Waals surface area (Å²) in [7, 11) is -3.78. The number of hydrogen-bond donors (Lipinski definition) is 1. The fourth-order valence-electron chi connectivity index (χ4n) is 0.751. The van der Waals surface area contributed by atoms with Gasteiger partial charge >= 0.3 is 0 Å². The van der Waals surface area contributed by atoms with Crippen molar-refractivity contribution in [1.29, 1.82) is 0 Å². The van der Waals surface area contributed by atoms with Crippen LogP contribution in [0.5, 0.6) is 0 Å². The molecule has 0 bridgehead atoms. The molecular formula is C7H8FNO2S. The Balaban J connectivity index is 3.33. The van der Waals surface area contributed by atoms with E-state index in [4.69, 9.17) is 5.14 Å². The van der Waals surface area contributed by atoms with Gasteiger partial charge in [-0.2, -0.15) is 0 Å². The van der Waals surface area contributed by atoms with Crippen molar-refractivity contribution in [1.82, 2.24) is 0 Å². The highest BCUT2D eigenvalue weighted by Gasteiger charge is 2.08. The number of hydrogen-bond acceptors (Lipinski definition) is 2. The van der Waals surface area contributed by atoms with Crippen molar-refractivity contribution in [3.63, 3.8) is 0 Å². The van der Waals surface area contributed by atoms with Crippen molar-refractivity contribution < 1.29 is 12.8 Å². The van der Waals surface area contributed by atoms with Gasteiger partial charge in [0.2, 0.25) is 10.0 Å². The predicted octanol–water partition coefficient (Wildman–Crippen LogP) is 0.782. The minimum Gasteiger partial charge on any atom is -0.225 e. The van der Waals surface area contributed by atoms with E-state index in [-0.39, 0.29) is 4.90 Å². The molecule has 0 saturated heterocycles. The third-order valence-corrected chi connectivity index (χ3v) is 2.38. The molecular weight excluding hydrogens is 181 g/mol. The summed E-state index contributed by atoms with van der Waals surface area (Å²) in [4.78, 5) is -0.203. The fraction of sp³-hybridized carbons (Fsp3) is 0.143. The van der Waals surface area contributed by atoms with Gasteiger partial charge in [0.25, 0.3) is 0 Å². The maximum atomic E-state index is 12.8. The first-order valence-corrected chi connectivity index (χ1v) is 4.75. The normalized spacial score (nSPS) is 11.6. The lowest BCUT2D eigenvalue weighted by Crippen LogP contribution is -2.12. The SMILES string of the molecule is Cc1ccc(S(N)(=O)=O)cc1F. The van der Waals surface area contributed by atoms with Crippen molar-refractivity contribution in [2.75, 3.05) is 0 Å². The van der Waals surface area contributed by atoms with E-state index in [1.807, 2.05) is 0 Å². The zero-order valence-corrected chi connectivity index (χ0v) is 7.23. The third kappa shape index (κ3) is 1.80. The molecule has 0 aromatic heterocycles. The van der Waals surface area contributed by atoms with E-state index >= 15 is 0 Å². The summed E-state index contributed by atoms with van der Waals surface area (Å²) in [6, 6.07) is 3.55. The molecule has 5 heteroatoms. The Morgan fingerprint density at radius 2 is 2.00 bits per heavy atom. The Labute approximate surface area is 70.1 Å². The van der Waals surface area contributed by atoms with E-state index in [1.165, 1.54) is 12.1 Å². The Bertz CT molecular complexity index is 400. The molecule has 2 N–H and O–H groups in total. The molecule has 0 fully saturated rings. The monoisotopic (exact) mass is 189 g/mol. The van der Waals surface area contributed by atoms with Crippen LogP contribution in [-0.4, -0.2) is 8.42 Å². The van der Waals surface area contributed by atoms with Crippen LogP contribution in [0.25, 0.3) is 0 Å². The molecule has 1 rings (SSSR count). The number of halogens is 1. The van der Waals surface area contributed by atoms with Gasteiger partial charge < -0.3 is 0 Å². The number of sulfonamides is 1. The average molecular weight is 189 g/mol. The van der Waals surface area contributed by atoms with Gasteiger partial charge in [0.05, 0.1) is 4.90 Å². The Kier molecular flexibility index (Phi) is 2.16. The van der Waals surface area contributed by atoms with Crippen LogP contribution >= 0.6 is 0 Å². The van der Waals surface area contributed by atoms with Crippen molar-refractivity contribution in [3.8, 4) is 0 Å². The molecule has 12 heavy (non-hydrogen) atoms. The molecule has 0 saturated carbocycles. The molecule has 3 nitrogen and oxygen atoms in total. The molecule has 1 aromatic carbocycles. The number of rotatable bonds is 1. The first-order chi connectivity index (χ1) is 5.41. The highest BCUT2D eigenvalue weighted by Crippen LogP contribution is 2.12. The summed E-state index contributed by atoms with van der Waals surface area (Å²) in [6.45, 7) is 1.54. The second-order valence-electron chi connectivity index (χ2n) is 2.46. The maximum Gasteiger partial charge on any atom is 0.238 e. The van der Waals surface area contributed by atoms with Gasteiger partial charge in [-0.15, -0.1) is 0 Å². The molecule has 0 atom stereocenters. The van der Waals surface area contributed by atoms with Gasteiger partial charge in [-0.1, -0.05) is 6.07 Å². The second-order valence-corrected chi connectivity index (χ2v) is 4.02. The summed E-state index contributed by atoms with van der Waals surface area (Å²) in [5.74, 6) is -0.568. The number of primary sulfonamides is 1. The van der Waals surface area contributed by atoms with Crippen molar-refractivity contribution in [2.24, 2.45) is 5.14 Å². The van der Waals surface area contributed by atoms with Crippen molar-refractivity contribution in [3.05, 3.63) is 29.6 Å². The lowest BCUT2D eigenvalue weighted by Gasteiger charge is -1.99. The van der Waals surface area contributed by atoms with Gasteiger partial charge in [-0.05, 0) is 24.6 Å². The molecule has 0 spiro atoms. The van der Waals surface area contributed by atoms with Crippen LogP contribution < -0.4 is 5.14 Å². The number of aryl methyl sites for hydroxylation is 1. The zero-order chi connectivity index (χ0) is 9.35. The van der Waals surface area contributed by atoms with E-state index in [1.54, 1.807) is 6.92 Å². The highest BCUT2D eigenvalue weighted by atomic mass is 32.2. The van der Waals surface area contributed by atoms with Gasteiger partial charge in [0.1, 0.15) is 5.82 Å². The first kappa shape index (κ1) is 9.15.